The molecule has 34 heavy (non-hydrogen) atoms. The summed E-state index contributed by atoms with van der Waals surface area (Å²) in [6, 6.07) is 35.9. The molecule has 1 saturated heterocycles. The molecule has 1 aliphatic heterocycles. The van der Waals surface area contributed by atoms with Gasteiger partial charge in [0.2, 0.25) is 0 Å². The molecule has 0 bridgehead atoms. The molecule has 0 aromatic heterocycles. The molecule has 3 nitrogen and oxygen atoms in total. The van der Waals surface area contributed by atoms with Gasteiger partial charge in [0.05, 0.1) is 11.3 Å². The maximum Gasteiger partial charge on any atom is 0.334 e. The van der Waals surface area contributed by atoms with Crippen LogP contribution in [0.1, 0.15) is 39.3 Å². The van der Waals surface area contributed by atoms with Gasteiger partial charge in [-0.15, -0.1) is 0 Å². The van der Waals surface area contributed by atoms with Crippen LogP contribution in [-0.2, 0) is 20.5 Å². The lowest BCUT2D eigenvalue weighted by Gasteiger charge is -2.47. The minimum absolute atomic E-state index is 0.382. The Labute approximate surface area is 198 Å². The largest absolute Gasteiger partial charge is 0.449 e. The zero-order chi connectivity index (χ0) is 23.1. The summed E-state index contributed by atoms with van der Waals surface area (Å²) in [5.41, 5.74) is 1.91. The van der Waals surface area contributed by atoms with E-state index in [9.17, 15) is 9.90 Å². The number of benzene rings is 4. The fourth-order valence-corrected chi connectivity index (χ4v) is 7.11. The van der Waals surface area contributed by atoms with Gasteiger partial charge in [-0.05, 0) is 33.4 Å². The van der Waals surface area contributed by atoms with Gasteiger partial charge >= 0.3 is 5.97 Å². The summed E-state index contributed by atoms with van der Waals surface area (Å²) in [7, 11) is 0. The Morgan fingerprint density at radius 2 is 1.21 bits per heavy atom. The third kappa shape index (κ3) is 1.86. The quantitative estimate of drug-likeness (QED) is 0.342. The first-order chi connectivity index (χ1) is 16.6. The van der Waals surface area contributed by atoms with Crippen molar-refractivity contribution in [3.8, 4) is 0 Å². The highest BCUT2D eigenvalue weighted by atomic mass is 16.6. The van der Waals surface area contributed by atoms with Crippen molar-refractivity contribution in [2.45, 2.75) is 22.5 Å². The number of hydrogen-bond acceptors (Lipinski definition) is 3. The van der Waals surface area contributed by atoms with E-state index in [0.717, 1.165) is 27.8 Å². The summed E-state index contributed by atoms with van der Waals surface area (Å²) in [5, 5.41) is 13.1. The van der Waals surface area contributed by atoms with Crippen molar-refractivity contribution in [3.63, 3.8) is 0 Å². The number of carbonyl (C=O) groups is 1. The Bertz CT molecular complexity index is 1490. The Kier molecular flexibility index (Phi) is 3.64. The van der Waals surface area contributed by atoms with Gasteiger partial charge in [-0.1, -0.05) is 116 Å². The number of esters is 1. The summed E-state index contributed by atoms with van der Waals surface area (Å²) < 4.78 is 6.51. The van der Waals surface area contributed by atoms with E-state index in [1.807, 2.05) is 84.9 Å². The molecule has 1 fully saturated rings. The van der Waals surface area contributed by atoms with E-state index in [-0.39, 0.29) is 0 Å². The topological polar surface area (TPSA) is 46.5 Å². The van der Waals surface area contributed by atoms with Crippen LogP contribution in [-0.4, -0.2) is 16.7 Å². The van der Waals surface area contributed by atoms with Crippen LogP contribution >= 0.6 is 0 Å². The van der Waals surface area contributed by atoms with Crippen molar-refractivity contribution in [1.82, 2.24) is 0 Å². The average molecular weight is 443 g/mol. The van der Waals surface area contributed by atoms with Crippen LogP contribution in [0.4, 0.5) is 0 Å². The van der Waals surface area contributed by atoms with Crippen molar-refractivity contribution in [3.05, 3.63) is 155 Å². The van der Waals surface area contributed by atoms with E-state index in [1.165, 1.54) is 0 Å². The zero-order valence-electron chi connectivity index (χ0n) is 18.4. The molecule has 1 N–H and O–H groups in total. The van der Waals surface area contributed by atoms with Crippen LogP contribution in [0.3, 0.4) is 0 Å². The summed E-state index contributed by atoms with van der Waals surface area (Å²) in [6.07, 6.45) is 0. The molecule has 4 aromatic rings. The maximum absolute atomic E-state index is 13.3. The lowest BCUT2D eigenvalue weighted by Crippen LogP contribution is -2.60. The van der Waals surface area contributed by atoms with Gasteiger partial charge < -0.3 is 9.84 Å². The van der Waals surface area contributed by atoms with E-state index in [2.05, 4.69) is 30.8 Å². The molecule has 4 aromatic carbocycles. The number of hydrogen-bond donors (Lipinski definition) is 1. The molecular weight excluding hydrogens is 420 g/mol. The highest BCUT2D eigenvalue weighted by molar-refractivity contribution is 5.97. The van der Waals surface area contributed by atoms with Gasteiger partial charge in [0.15, 0.2) is 11.2 Å². The molecule has 2 aliphatic carbocycles. The van der Waals surface area contributed by atoms with E-state index >= 15 is 0 Å². The van der Waals surface area contributed by atoms with Gasteiger partial charge in [0.1, 0.15) is 0 Å². The number of carbonyl (C=O) groups excluding carboxylic acids is 1. The SMILES string of the molecule is C=C1C(=O)O[C@]23C1c1ccccc1[C@@]2(c1ccccc1)c1ccccc1C3(O)c1ccccc1. The van der Waals surface area contributed by atoms with Crippen molar-refractivity contribution in [2.75, 3.05) is 0 Å². The molecule has 0 saturated carbocycles. The number of rotatable bonds is 2. The van der Waals surface area contributed by atoms with Gasteiger partial charge in [0, 0.05) is 5.57 Å². The Morgan fingerprint density at radius 1 is 0.676 bits per heavy atom. The molecular formula is C31H22O3. The third-order valence-electron chi connectivity index (χ3n) is 8.16. The smallest absolute Gasteiger partial charge is 0.334 e. The second-order valence-electron chi connectivity index (χ2n) is 9.41. The standard InChI is InChI=1S/C31H22O3/c1-20-27-23-16-8-9-17-24(23)29(21-12-4-2-5-13-21)25-18-10-11-19-26(25)30(33,22-14-6-3-7-15-22)31(27,29)34-28(20)32/h2-19,27,33H,1H2/t27?,29-,30?,31+/m0/s1. The average Bonchev–Trinajstić information content (AvgIpc) is 3.39. The molecule has 0 amide bonds. The Hall–Kier alpha value is -3.95. The molecule has 2 unspecified atom stereocenters. The van der Waals surface area contributed by atoms with Crippen molar-refractivity contribution >= 4 is 5.97 Å². The molecule has 4 atom stereocenters. The molecule has 164 valence electrons. The second kappa shape index (κ2) is 6.34. The van der Waals surface area contributed by atoms with E-state index in [0.29, 0.717) is 11.1 Å². The number of fused-ring (bicyclic) bond motifs is 5. The fraction of sp³-hybridized carbons (Fsp3) is 0.129. The van der Waals surface area contributed by atoms with Gasteiger partial charge in [-0.3, -0.25) is 0 Å². The van der Waals surface area contributed by atoms with Crippen molar-refractivity contribution < 1.29 is 14.6 Å². The van der Waals surface area contributed by atoms with Crippen molar-refractivity contribution in [1.29, 1.82) is 0 Å². The minimum Gasteiger partial charge on any atom is -0.449 e. The van der Waals surface area contributed by atoms with Crippen LogP contribution < -0.4 is 0 Å². The highest BCUT2D eigenvalue weighted by Crippen LogP contribution is 2.76. The fourth-order valence-electron chi connectivity index (χ4n) is 7.11. The third-order valence-corrected chi connectivity index (χ3v) is 8.16. The monoisotopic (exact) mass is 442 g/mol. The number of aliphatic hydroxyl groups is 1. The summed E-state index contributed by atoms with van der Waals surface area (Å²) >= 11 is 0. The van der Waals surface area contributed by atoms with Crippen LogP contribution in [0.2, 0.25) is 0 Å². The highest BCUT2D eigenvalue weighted by Gasteiger charge is 2.83. The molecule has 1 heterocycles. The first-order valence-electron chi connectivity index (χ1n) is 11.5. The molecule has 0 radical (unpaired) electrons. The van der Waals surface area contributed by atoms with Crippen LogP contribution in [0.15, 0.2) is 121 Å². The Morgan fingerprint density at radius 3 is 1.88 bits per heavy atom. The molecule has 3 heteroatoms. The van der Waals surface area contributed by atoms with Crippen molar-refractivity contribution in [2.24, 2.45) is 0 Å². The summed E-state index contributed by atoms with van der Waals surface area (Å²) in [6.45, 7) is 4.19. The number of ether oxygens (including phenoxy) is 1. The van der Waals surface area contributed by atoms with Gasteiger partial charge in [-0.2, -0.15) is 0 Å². The lowest BCUT2D eigenvalue weighted by atomic mass is 9.60. The maximum atomic E-state index is 13.3. The first-order valence-corrected chi connectivity index (χ1v) is 11.5. The molecule has 3 aliphatic rings. The zero-order valence-corrected chi connectivity index (χ0v) is 18.4. The lowest BCUT2D eigenvalue weighted by molar-refractivity contribution is -0.178. The van der Waals surface area contributed by atoms with Crippen LogP contribution in [0.5, 0.6) is 0 Å². The van der Waals surface area contributed by atoms with E-state index in [1.54, 1.807) is 0 Å². The van der Waals surface area contributed by atoms with E-state index in [4.69, 9.17) is 4.74 Å². The van der Waals surface area contributed by atoms with Gasteiger partial charge in [0.25, 0.3) is 0 Å². The van der Waals surface area contributed by atoms with E-state index < -0.39 is 28.5 Å². The summed E-state index contributed by atoms with van der Waals surface area (Å²) in [4.78, 5) is 13.3. The predicted molar refractivity (Wildman–Crippen MR) is 129 cm³/mol. The second-order valence-corrected chi connectivity index (χ2v) is 9.41. The minimum atomic E-state index is -1.60. The molecule has 7 rings (SSSR count). The Balaban J connectivity index is 1.75. The molecule has 1 spiro atoms. The predicted octanol–water partition coefficient (Wildman–Crippen LogP) is 5.22. The summed E-state index contributed by atoms with van der Waals surface area (Å²) in [5.74, 6) is -0.962. The van der Waals surface area contributed by atoms with Gasteiger partial charge in [-0.25, -0.2) is 4.79 Å². The van der Waals surface area contributed by atoms with Crippen LogP contribution in [0.25, 0.3) is 0 Å². The normalized spacial score (nSPS) is 30.3. The van der Waals surface area contributed by atoms with Crippen LogP contribution in [0, 0.1) is 0 Å². The first kappa shape index (κ1) is 19.5.